The highest BCUT2D eigenvalue weighted by molar-refractivity contribution is 5.22. The lowest BCUT2D eigenvalue weighted by Gasteiger charge is -2.15. The van der Waals surface area contributed by atoms with E-state index in [1.165, 1.54) is 17.5 Å². The molecule has 0 heterocycles. The minimum atomic E-state index is 0.949. The van der Waals surface area contributed by atoms with Gasteiger partial charge in [0.1, 0.15) is 0 Å². The van der Waals surface area contributed by atoms with Gasteiger partial charge in [0.25, 0.3) is 0 Å². The summed E-state index contributed by atoms with van der Waals surface area (Å²) in [5.74, 6) is 0. The Labute approximate surface area is 93.3 Å². The number of rotatable bonds is 6. The molecule has 1 aromatic carbocycles. The summed E-state index contributed by atoms with van der Waals surface area (Å²) in [5.41, 5.74) is 2.74. The van der Waals surface area contributed by atoms with Gasteiger partial charge in [-0.2, -0.15) is 0 Å². The maximum atomic E-state index is 3.15. The predicted molar refractivity (Wildman–Crippen MR) is 65.8 cm³/mol. The summed E-state index contributed by atoms with van der Waals surface area (Å²) in [6, 6.07) is 8.84. The minimum Gasteiger partial charge on any atom is -0.316 e. The van der Waals surface area contributed by atoms with E-state index in [-0.39, 0.29) is 0 Å². The van der Waals surface area contributed by atoms with Crippen molar-refractivity contribution >= 4 is 0 Å². The number of nitrogens with zero attached hydrogens (tertiary/aromatic N) is 1. The molecule has 0 fully saturated rings. The molecule has 0 atom stereocenters. The summed E-state index contributed by atoms with van der Waals surface area (Å²) < 4.78 is 0. The smallest absolute Gasteiger partial charge is 0.0230 e. The lowest BCUT2D eigenvalue weighted by molar-refractivity contribution is 0.327. The van der Waals surface area contributed by atoms with Crippen LogP contribution in [0.3, 0.4) is 0 Å². The van der Waals surface area contributed by atoms with E-state index in [4.69, 9.17) is 0 Å². The molecule has 2 nitrogen and oxygen atoms in total. The molecule has 0 aliphatic heterocycles. The summed E-state index contributed by atoms with van der Waals surface area (Å²) in [6.45, 7) is 5.38. The second-order valence-corrected chi connectivity index (χ2v) is 4.08. The number of hydrogen-bond acceptors (Lipinski definition) is 2. The van der Waals surface area contributed by atoms with Gasteiger partial charge in [-0.05, 0) is 38.2 Å². The van der Waals surface area contributed by atoms with Crippen LogP contribution in [-0.4, -0.2) is 25.5 Å². The van der Waals surface area contributed by atoms with E-state index in [1.54, 1.807) is 0 Å². The molecule has 84 valence electrons. The Balaban J connectivity index is 2.48. The van der Waals surface area contributed by atoms with Crippen LogP contribution in [0.25, 0.3) is 0 Å². The second-order valence-electron chi connectivity index (χ2n) is 4.08. The molecule has 0 spiro atoms. The topological polar surface area (TPSA) is 15.3 Å². The van der Waals surface area contributed by atoms with Crippen molar-refractivity contribution in [2.45, 2.75) is 26.4 Å². The highest BCUT2D eigenvalue weighted by atomic mass is 15.1. The third-order valence-corrected chi connectivity index (χ3v) is 2.46. The van der Waals surface area contributed by atoms with Gasteiger partial charge in [-0.1, -0.05) is 31.2 Å². The Morgan fingerprint density at radius 3 is 2.27 bits per heavy atom. The molecule has 2 heteroatoms. The summed E-state index contributed by atoms with van der Waals surface area (Å²) in [6.07, 6.45) is 1.22. The molecule has 0 saturated carbocycles. The predicted octanol–water partition coefficient (Wildman–Crippen LogP) is 2.25. The number of hydrogen-bond donors (Lipinski definition) is 1. The van der Waals surface area contributed by atoms with E-state index in [0.29, 0.717) is 0 Å². The molecule has 0 unspecified atom stereocenters. The Morgan fingerprint density at radius 1 is 1.13 bits per heavy atom. The highest BCUT2D eigenvalue weighted by Crippen LogP contribution is 2.06. The molecule has 0 saturated heterocycles. The van der Waals surface area contributed by atoms with Gasteiger partial charge in [-0.25, -0.2) is 0 Å². The van der Waals surface area contributed by atoms with Crippen molar-refractivity contribution in [1.82, 2.24) is 10.2 Å². The molecule has 1 aromatic rings. The molecule has 0 aliphatic carbocycles. The van der Waals surface area contributed by atoms with Crippen LogP contribution in [0.4, 0.5) is 0 Å². The standard InChI is InChI=1S/C13H22N2/c1-4-9-15(3)11-13-7-5-12(6-8-13)10-14-2/h5-8,14H,4,9-11H2,1-3H3. The molecule has 0 aliphatic rings. The van der Waals surface area contributed by atoms with Crippen LogP contribution in [0.1, 0.15) is 24.5 Å². The zero-order valence-corrected chi connectivity index (χ0v) is 10.1. The largest absolute Gasteiger partial charge is 0.316 e. The van der Waals surface area contributed by atoms with E-state index < -0.39 is 0 Å². The maximum absolute atomic E-state index is 3.15. The Morgan fingerprint density at radius 2 is 1.73 bits per heavy atom. The Bertz CT molecular complexity index is 266. The lowest BCUT2D eigenvalue weighted by atomic mass is 10.1. The normalized spacial score (nSPS) is 10.9. The van der Waals surface area contributed by atoms with Gasteiger partial charge in [-0.15, -0.1) is 0 Å². The third kappa shape index (κ3) is 4.45. The average molecular weight is 206 g/mol. The molecule has 0 aromatic heterocycles. The summed E-state index contributed by atoms with van der Waals surface area (Å²) in [7, 11) is 4.15. The molecular formula is C13H22N2. The number of nitrogens with one attached hydrogen (secondary N) is 1. The first-order chi connectivity index (χ1) is 7.26. The van der Waals surface area contributed by atoms with E-state index in [0.717, 1.165) is 19.6 Å². The van der Waals surface area contributed by atoms with Gasteiger partial charge in [0.05, 0.1) is 0 Å². The molecule has 0 radical (unpaired) electrons. The first-order valence-electron chi connectivity index (χ1n) is 5.67. The first-order valence-corrected chi connectivity index (χ1v) is 5.67. The molecule has 1 N–H and O–H groups in total. The summed E-state index contributed by atoms with van der Waals surface area (Å²) >= 11 is 0. The molecule has 0 bridgehead atoms. The molecular weight excluding hydrogens is 184 g/mol. The van der Waals surface area contributed by atoms with E-state index >= 15 is 0 Å². The van der Waals surface area contributed by atoms with Gasteiger partial charge in [0.2, 0.25) is 0 Å². The first kappa shape index (κ1) is 12.2. The van der Waals surface area contributed by atoms with Crippen molar-refractivity contribution in [3.8, 4) is 0 Å². The molecule has 0 amide bonds. The van der Waals surface area contributed by atoms with Crippen LogP contribution in [0.15, 0.2) is 24.3 Å². The van der Waals surface area contributed by atoms with Crippen LogP contribution in [0.2, 0.25) is 0 Å². The van der Waals surface area contributed by atoms with Gasteiger partial charge >= 0.3 is 0 Å². The second kappa shape index (κ2) is 6.59. The van der Waals surface area contributed by atoms with Crippen LogP contribution in [-0.2, 0) is 13.1 Å². The van der Waals surface area contributed by atoms with Crippen molar-refractivity contribution in [3.05, 3.63) is 35.4 Å². The van der Waals surface area contributed by atoms with Gasteiger partial charge < -0.3 is 10.2 Å². The monoisotopic (exact) mass is 206 g/mol. The van der Waals surface area contributed by atoms with Crippen LogP contribution >= 0.6 is 0 Å². The Kier molecular flexibility index (Phi) is 5.37. The van der Waals surface area contributed by atoms with Crippen LogP contribution < -0.4 is 5.32 Å². The minimum absolute atomic E-state index is 0.949. The van der Waals surface area contributed by atoms with E-state index in [9.17, 15) is 0 Å². The van der Waals surface area contributed by atoms with Crippen LogP contribution in [0, 0.1) is 0 Å². The molecule has 15 heavy (non-hydrogen) atoms. The van der Waals surface area contributed by atoms with Crippen LogP contribution in [0.5, 0.6) is 0 Å². The Hall–Kier alpha value is -0.860. The van der Waals surface area contributed by atoms with Crippen molar-refractivity contribution in [2.24, 2.45) is 0 Å². The van der Waals surface area contributed by atoms with Gasteiger partial charge in [0, 0.05) is 13.1 Å². The van der Waals surface area contributed by atoms with E-state index in [2.05, 4.69) is 48.5 Å². The fraction of sp³-hybridized carbons (Fsp3) is 0.538. The molecule has 1 rings (SSSR count). The zero-order chi connectivity index (χ0) is 11.1. The maximum Gasteiger partial charge on any atom is 0.0230 e. The summed E-state index contributed by atoms with van der Waals surface area (Å²) in [4.78, 5) is 2.35. The SMILES string of the molecule is CCCN(C)Cc1ccc(CNC)cc1. The zero-order valence-electron chi connectivity index (χ0n) is 10.1. The fourth-order valence-corrected chi connectivity index (χ4v) is 1.74. The lowest BCUT2D eigenvalue weighted by Crippen LogP contribution is -2.18. The van der Waals surface area contributed by atoms with Gasteiger partial charge in [0.15, 0.2) is 0 Å². The third-order valence-electron chi connectivity index (χ3n) is 2.46. The van der Waals surface area contributed by atoms with Crippen molar-refractivity contribution < 1.29 is 0 Å². The van der Waals surface area contributed by atoms with E-state index in [1.807, 2.05) is 7.05 Å². The highest BCUT2D eigenvalue weighted by Gasteiger charge is 1.98. The quantitative estimate of drug-likeness (QED) is 0.768. The van der Waals surface area contributed by atoms with Crippen molar-refractivity contribution in [1.29, 1.82) is 0 Å². The van der Waals surface area contributed by atoms with Crippen molar-refractivity contribution in [2.75, 3.05) is 20.6 Å². The fourth-order valence-electron chi connectivity index (χ4n) is 1.74. The van der Waals surface area contributed by atoms with Crippen molar-refractivity contribution in [3.63, 3.8) is 0 Å². The number of benzene rings is 1. The summed E-state index contributed by atoms with van der Waals surface area (Å²) in [5, 5.41) is 3.15. The average Bonchev–Trinajstić information content (AvgIpc) is 2.22. The van der Waals surface area contributed by atoms with Gasteiger partial charge in [-0.3, -0.25) is 0 Å².